The van der Waals surface area contributed by atoms with Crippen LogP contribution < -0.4 is 0 Å². The molecule has 0 bridgehead atoms. The lowest BCUT2D eigenvalue weighted by Crippen LogP contribution is -2.37. The van der Waals surface area contributed by atoms with Crippen molar-refractivity contribution in [3.8, 4) is 0 Å². The van der Waals surface area contributed by atoms with Crippen LogP contribution >= 0.6 is 0 Å². The minimum Gasteiger partial charge on any atom is -0.338 e. The van der Waals surface area contributed by atoms with E-state index in [9.17, 15) is 4.79 Å². The average molecular weight is 152 g/mol. The first-order valence-electron chi connectivity index (χ1n) is 3.52. The minimum atomic E-state index is -1.07. The molecule has 58 valence electrons. The lowest BCUT2D eigenvalue weighted by molar-refractivity contribution is -0.159. The van der Waals surface area contributed by atoms with Gasteiger partial charge < -0.3 is 9.47 Å². The van der Waals surface area contributed by atoms with Crippen LogP contribution in [0.2, 0.25) is 0 Å². The molecule has 2 aliphatic rings. The largest absolute Gasteiger partial charge is 0.338 e. The van der Waals surface area contributed by atoms with Crippen molar-refractivity contribution in [2.75, 3.05) is 13.2 Å². The van der Waals surface area contributed by atoms with Gasteiger partial charge in [-0.3, -0.25) is 4.79 Å². The van der Waals surface area contributed by atoms with Crippen molar-refractivity contribution in [2.24, 2.45) is 0 Å². The van der Waals surface area contributed by atoms with Crippen LogP contribution in [0.5, 0.6) is 0 Å². The van der Waals surface area contributed by atoms with E-state index in [0.717, 1.165) is 0 Å². The number of carbonyl (C=O) groups is 1. The molecule has 0 aromatic heterocycles. The Morgan fingerprint density at radius 3 is 2.64 bits per heavy atom. The molecule has 0 aromatic carbocycles. The minimum absolute atomic E-state index is 0.127. The number of rotatable bonds is 0. The first-order chi connectivity index (χ1) is 5.33. The van der Waals surface area contributed by atoms with E-state index in [4.69, 9.17) is 9.47 Å². The fourth-order valence-corrected chi connectivity index (χ4v) is 1.19. The van der Waals surface area contributed by atoms with Crippen LogP contribution in [0, 0.1) is 0 Å². The second-order valence-corrected chi connectivity index (χ2v) is 2.45. The Labute approximate surface area is 64.3 Å². The second kappa shape index (κ2) is 2.29. The summed E-state index contributed by atoms with van der Waals surface area (Å²) < 4.78 is 10.4. The molecule has 1 spiro atoms. The Bertz CT molecular complexity index is 234. The molecule has 1 aliphatic carbocycles. The van der Waals surface area contributed by atoms with Crippen molar-refractivity contribution >= 4 is 5.78 Å². The van der Waals surface area contributed by atoms with Crippen LogP contribution in [0.15, 0.2) is 24.3 Å². The zero-order valence-electron chi connectivity index (χ0n) is 5.95. The predicted molar refractivity (Wildman–Crippen MR) is 37.9 cm³/mol. The summed E-state index contributed by atoms with van der Waals surface area (Å²) in [7, 11) is 0. The van der Waals surface area contributed by atoms with Gasteiger partial charge in [0.1, 0.15) is 0 Å². The maximum atomic E-state index is 11.2. The highest BCUT2D eigenvalue weighted by Gasteiger charge is 2.41. The highest BCUT2D eigenvalue weighted by molar-refractivity contribution is 5.99. The van der Waals surface area contributed by atoms with Crippen molar-refractivity contribution in [2.45, 2.75) is 5.79 Å². The van der Waals surface area contributed by atoms with Crippen molar-refractivity contribution in [1.82, 2.24) is 0 Å². The smallest absolute Gasteiger partial charge is 0.253 e. The first kappa shape index (κ1) is 6.76. The number of ketones is 1. The van der Waals surface area contributed by atoms with E-state index < -0.39 is 5.79 Å². The highest BCUT2D eigenvalue weighted by Crippen LogP contribution is 2.24. The quantitative estimate of drug-likeness (QED) is 0.504. The zero-order valence-corrected chi connectivity index (χ0v) is 5.95. The van der Waals surface area contributed by atoms with Crippen molar-refractivity contribution in [3.63, 3.8) is 0 Å². The van der Waals surface area contributed by atoms with Gasteiger partial charge in [-0.15, -0.1) is 0 Å². The summed E-state index contributed by atoms with van der Waals surface area (Å²) >= 11 is 0. The number of hydrogen-bond donors (Lipinski definition) is 0. The Kier molecular flexibility index (Phi) is 1.41. The van der Waals surface area contributed by atoms with Crippen LogP contribution in [0.1, 0.15) is 0 Å². The second-order valence-electron chi connectivity index (χ2n) is 2.45. The number of ether oxygens (including phenoxy) is 2. The summed E-state index contributed by atoms with van der Waals surface area (Å²) in [5, 5.41) is 0. The molecule has 1 heterocycles. The van der Waals surface area contributed by atoms with Crippen LogP contribution in [0.25, 0.3) is 0 Å². The first-order valence-corrected chi connectivity index (χ1v) is 3.52. The third-order valence-electron chi connectivity index (χ3n) is 1.73. The molecule has 1 saturated heterocycles. The van der Waals surface area contributed by atoms with Crippen LogP contribution in [-0.4, -0.2) is 24.8 Å². The molecule has 11 heavy (non-hydrogen) atoms. The standard InChI is InChI=1S/C8H8O3/c9-7-3-1-2-4-8(7)10-5-6-11-8/h1-4H,5-6H2. The highest BCUT2D eigenvalue weighted by atomic mass is 16.7. The number of allylic oxidation sites excluding steroid dienone is 2. The zero-order chi connectivity index (χ0) is 7.73. The SMILES string of the molecule is O=C1C=CC=CC12OCCO2. The third kappa shape index (κ3) is 0.931. The van der Waals surface area contributed by atoms with E-state index in [2.05, 4.69) is 0 Å². The fourth-order valence-electron chi connectivity index (χ4n) is 1.19. The third-order valence-corrected chi connectivity index (χ3v) is 1.73. The molecule has 3 nitrogen and oxygen atoms in total. The van der Waals surface area contributed by atoms with E-state index in [1.165, 1.54) is 6.08 Å². The van der Waals surface area contributed by atoms with E-state index in [1.807, 2.05) is 0 Å². The molecule has 0 aromatic rings. The van der Waals surface area contributed by atoms with Crippen molar-refractivity contribution in [3.05, 3.63) is 24.3 Å². The van der Waals surface area contributed by atoms with Gasteiger partial charge >= 0.3 is 0 Å². The Hall–Kier alpha value is -0.930. The topological polar surface area (TPSA) is 35.5 Å². The molecule has 0 amide bonds. The lowest BCUT2D eigenvalue weighted by atomic mass is 10.1. The van der Waals surface area contributed by atoms with Gasteiger partial charge in [0.2, 0.25) is 5.78 Å². The molecule has 2 rings (SSSR count). The van der Waals surface area contributed by atoms with Gasteiger partial charge in [0.05, 0.1) is 13.2 Å². The molecule has 0 atom stereocenters. The summed E-state index contributed by atoms with van der Waals surface area (Å²) in [6.07, 6.45) is 6.54. The summed E-state index contributed by atoms with van der Waals surface area (Å²) in [5.41, 5.74) is 0. The van der Waals surface area contributed by atoms with Gasteiger partial charge in [-0.25, -0.2) is 0 Å². The molecule has 1 fully saturated rings. The maximum absolute atomic E-state index is 11.2. The Morgan fingerprint density at radius 2 is 2.00 bits per heavy atom. The van der Waals surface area contributed by atoms with Gasteiger partial charge in [0.25, 0.3) is 5.79 Å². The molecule has 0 radical (unpaired) electrons. The normalized spacial score (nSPS) is 26.7. The van der Waals surface area contributed by atoms with Crippen LogP contribution in [0.3, 0.4) is 0 Å². The van der Waals surface area contributed by atoms with Gasteiger partial charge in [-0.1, -0.05) is 12.2 Å². The monoisotopic (exact) mass is 152 g/mol. The Balaban J connectivity index is 2.30. The molecule has 0 N–H and O–H groups in total. The Morgan fingerprint density at radius 1 is 1.27 bits per heavy atom. The van der Waals surface area contributed by atoms with Crippen LogP contribution in [-0.2, 0) is 14.3 Å². The van der Waals surface area contributed by atoms with Gasteiger partial charge in [-0.05, 0) is 12.2 Å². The molecule has 1 aliphatic heterocycles. The summed E-state index contributed by atoms with van der Waals surface area (Å²) in [4.78, 5) is 11.2. The average Bonchev–Trinajstić information content (AvgIpc) is 2.46. The lowest BCUT2D eigenvalue weighted by Gasteiger charge is -2.21. The van der Waals surface area contributed by atoms with Gasteiger partial charge in [0.15, 0.2) is 0 Å². The number of carbonyl (C=O) groups excluding carboxylic acids is 1. The van der Waals surface area contributed by atoms with E-state index in [1.54, 1.807) is 18.2 Å². The van der Waals surface area contributed by atoms with Crippen molar-refractivity contribution < 1.29 is 14.3 Å². The molecule has 0 saturated carbocycles. The molecular weight excluding hydrogens is 144 g/mol. The van der Waals surface area contributed by atoms with Gasteiger partial charge in [0, 0.05) is 0 Å². The number of hydrogen-bond acceptors (Lipinski definition) is 3. The maximum Gasteiger partial charge on any atom is 0.253 e. The summed E-state index contributed by atoms with van der Waals surface area (Å²) in [5.74, 6) is -1.20. The van der Waals surface area contributed by atoms with E-state index in [-0.39, 0.29) is 5.78 Å². The van der Waals surface area contributed by atoms with Crippen molar-refractivity contribution in [1.29, 1.82) is 0 Å². The fraction of sp³-hybridized carbons (Fsp3) is 0.375. The van der Waals surface area contributed by atoms with E-state index in [0.29, 0.717) is 13.2 Å². The van der Waals surface area contributed by atoms with E-state index >= 15 is 0 Å². The molecule has 0 unspecified atom stereocenters. The molecule has 3 heteroatoms. The predicted octanol–water partition coefficient (Wildman–Crippen LogP) is 0.425. The summed E-state index contributed by atoms with van der Waals surface area (Å²) in [6, 6.07) is 0. The molecular formula is C8H8O3. The van der Waals surface area contributed by atoms with Gasteiger partial charge in [-0.2, -0.15) is 0 Å². The summed E-state index contributed by atoms with van der Waals surface area (Å²) in [6.45, 7) is 0.980. The van der Waals surface area contributed by atoms with Crippen LogP contribution in [0.4, 0.5) is 0 Å².